The molecule has 0 saturated carbocycles. The summed E-state index contributed by atoms with van der Waals surface area (Å²) in [6.07, 6.45) is 2.49. The molecule has 1 aliphatic rings. The highest BCUT2D eigenvalue weighted by atomic mass is 32.1. The third kappa shape index (κ3) is 2.48. The SMILES string of the molecule is CC1CCCN(c2nc3ccccc3cc2C(N)=S)C1. The van der Waals surface area contributed by atoms with E-state index >= 15 is 0 Å². The Balaban J connectivity index is 2.11. The first-order valence-electron chi connectivity index (χ1n) is 7.09. The van der Waals surface area contributed by atoms with Gasteiger partial charge in [0.2, 0.25) is 0 Å². The highest BCUT2D eigenvalue weighted by Gasteiger charge is 2.21. The van der Waals surface area contributed by atoms with Crippen molar-refractivity contribution in [2.45, 2.75) is 19.8 Å². The van der Waals surface area contributed by atoms with E-state index in [0.717, 1.165) is 35.4 Å². The zero-order valence-corrected chi connectivity index (χ0v) is 12.5. The van der Waals surface area contributed by atoms with Crippen LogP contribution in [-0.2, 0) is 0 Å². The van der Waals surface area contributed by atoms with Gasteiger partial charge in [0.25, 0.3) is 0 Å². The number of anilines is 1. The Kier molecular flexibility index (Phi) is 3.57. The normalized spacial score (nSPS) is 19.2. The van der Waals surface area contributed by atoms with Crippen LogP contribution in [0.4, 0.5) is 5.82 Å². The Morgan fingerprint density at radius 1 is 1.40 bits per heavy atom. The van der Waals surface area contributed by atoms with Gasteiger partial charge in [0.15, 0.2) is 0 Å². The summed E-state index contributed by atoms with van der Waals surface area (Å²) >= 11 is 5.22. The molecule has 1 saturated heterocycles. The lowest BCUT2D eigenvalue weighted by atomic mass is 9.99. The van der Waals surface area contributed by atoms with Crippen LogP contribution in [0, 0.1) is 5.92 Å². The molecule has 2 heterocycles. The van der Waals surface area contributed by atoms with Crippen molar-refractivity contribution in [1.29, 1.82) is 0 Å². The summed E-state index contributed by atoms with van der Waals surface area (Å²) in [6.45, 7) is 4.35. The number of para-hydroxylation sites is 1. The molecule has 1 atom stereocenters. The van der Waals surface area contributed by atoms with Gasteiger partial charge in [0, 0.05) is 18.5 Å². The highest BCUT2D eigenvalue weighted by molar-refractivity contribution is 7.80. The molecule has 0 radical (unpaired) electrons. The maximum absolute atomic E-state index is 5.91. The molecule has 20 heavy (non-hydrogen) atoms. The molecule has 1 aliphatic heterocycles. The van der Waals surface area contributed by atoms with E-state index in [1.807, 2.05) is 24.3 Å². The quantitative estimate of drug-likeness (QED) is 0.861. The van der Waals surface area contributed by atoms with Crippen molar-refractivity contribution in [3.63, 3.8) is 0 Å². The number of rotatable bonds is 2. The van der Waals surface area contributed by atoms with E-state index in [2.05, 4.69) is 17.9 Å². The van der Waals surface area contributed by atoms with Gasteiger partial charge in [-0.3, -0.25) is 0 Å². The van der Waals surface area contributed by atoms with Crippen molar-refractivity contribution < 1.29 is 0 Å². The molecule has 0 spiro atoms. The van der Waals surface area contributed by atoms with Crippen molar-refractivity contribution in [3.05, 3.63) is 35.9 Å². The lowest BCUT2D eigenvalue weighted by Gasteiger charge is -2.33. The molecule has 4 heteroatoms. The van der Waals surface area contributed by atoms with Crippen LogP contribution in [0.5, 0.6) is 0 Å². The van der Waals surface area contributed by atoms with E-state index in [0.29, 0.717) is 10.9 Å². The van der Waals surface area contributed by atoms with E-state index in [-0.39, 0.29) is 0 Å². The fraction of sp³-hybridized carbons (Fsp3) is 0.375. The fourth-order valence-electron chi connectivity index (χ4n) is 2.91. The van der Waals surface area contributed by atoms with Crippen LogP contribution in [0.25, 0.3) is 10.9 Å². The number of nitrogens with zero attached hydrogens (tertiary/aromatic N) is 2. The van der Waals surface area contributed by atoms with Gasteiger partial charge in [-0.15, -0.1) is 0 Å². The third-order valence-electron chi connectivity index (χ3n) is 3.93. The van der Waals surface area contributed by atoms with E-state index in [1.54, 1.807) is 0 Å². The van der Waals surface area contributed by atoms with E-state index in [4.69, 9.17) is 22.9 Å². The second-order valence-electron chi connectivity index (χ2n) is 5.61. The molecule has 2 N–H and O–H groups in total. The van der Waals surface area contributed by atoms with Crippen LogP contribution in [0.1, 0.15) is 25.3 Å². The predicted octanol–water partition coefficient (Wildman–Crippen LogP) is 3.11. The first kappa shape index (κ1) is 13.3. The molecule has 2 aromatic rings. The highest BCUT2D eigenvalue weighted by Crippen LogP contribution is 2.27. The molecule has 0 amide bonds. The zero-order chi connectivity index (χ0) is 14.1. The average Bonchev–Trinajstić information content (AvgIpc) is 2.46. The summed E-state index contributed by atoms with van der Waals surface area (Å²) in [6, 6.07) is 10.2. The van der Waals surface area contributed by atoms with Crippen molar-refractivity contribution >= 4 is 33.9 Å². The Morgan fingerprint density at radius 3 is 2.95 bits per heavy atom. The number of thiocarbonyl (C=S) groups is 1. The van der Waals surface area contributed by atoms with Crippen LogP contribution in [0.3, 0.4) is 0 Å². The molecular formula is C16H19N3S. The van der Waals surface area contributed by atoms with Crippen molar-refractivity contribution in [3.8, 4) is 0 Å². The summed E-state index contributed by atoms with van der Waals surface area (Å²) in [5.41, 5.74) is 7.81. The lowest BCUT2D eigenvalue weighted by molar-refractivity contribution is 0.445. The largest absolute Gasteiger partial charge is 0.389 e. The van der Waals surface area contributed by atoms with Crippen LogP contribution < -0.4 is 10.6 Å². The van der Waals surface area contributed by atoms with Gasteiger partial charge in [0.05, 0.1) is 11.1 Å². The van der Waals surface area contributed by atoms with Gasteiger partial charge in [0.1, 0.15) is 10.8 Å². The van der Waals surface area contributed by atoms with Crippen molar-refractivity contribution in [2.75, 3.05) is 18.0 Å². The monoisotopic (exact) mass is 285 g/mol. The van der Waals surface area contributed by atoms with Gasteiger partial charge >= 0.3 is 0 Å². The van der Waals surface area contributed by atoms with Gasteiger partial charge in [-0.1, -0.05) is 37.3 Å². The topological polar surface area (TPSA) is 42.2 Å². The molecule has 1 fully saturated rings. The minimum Gasteiger partial charge on any atom is -0.389 e. The number of piperidine rings is 1. The van der Waals surface area contributed by atoms with Crippen LogP contribution in [0.15, 0.2) is 30.3 Å². The maximum Gasteiger partial charge on any atom is 0.139 e. The molecule has 0 aliphatic carbocycles. The number of nitrogens with two attached hydrogens (primary N) is 1. The number of hydrogen-bond donors (Lipinski definition) is 1. The van der Waals surface area contributed by atoms with E-state index < -0.39 is 0 Å². The minimum atomic E-state index is 0.427. The second-order valence-corrected chi connectivity index (χ2v) is 6.05. The molecule has 1 aromatic heterocycles. The van der Waals surface area contributed by atoms with Crippen LogP contribution >= 0.6 is 12.2 Å². The number of pyridine rings is 1. The Labute approximate surface area is 124 Å². The Bertz CT molecular complexity index is 653. The van der Waals surface area contributed by atoms with Crippen molar-refractivity contribution in [1.82, 2.24) is 4.98 Å². The maximum atomic E-state index is 5.91. The van der Waals surface area contributed by atoms with Gasteiger partial charge < -0.3 is 10.6 Å². The molecule has 104 valence electrons. The standard InChI is InChI=1S/C16H19N3S/c1-11-5-4-8-19(10-11)16-13(15(17)20)9-12-6-2-3-7-14(12)18-16/h2-3,6-7,9,11H,4-5,8,10H2,1H3,(H2,17,20). The van der Waals surface area contributed by atoms with Gasteiger partial charge in [-0.2, -0.15) is 0 Å². The smallest absolute Gasteiger partial charge is 0.139 e. The van der Waals surface area contributed by atoms with E-state index in [1.165, 1.54) is 12.8 Å². The van der Waals surface area contributed by atoms with Gasteiger partial charge in [-0.05, 0) is 30.9 Å². The number of fused-ring (bicyclic) bond motifs is 1. The Hall–Kier alpha value is -1.68. The van der Waals surface area contributed by atoms with Crippen LogP contribution in [0.2, 0.25) is 0 Å². The summed E-state index contributed by atoms with van der Waals surface area (Å²) in [4.78, 5) is 7.57. The number of benzene rings is 1. The molecule has 1 unspecified atom stereocenters. The first-order chi connectivity index (χ1) is 9.65. The zero-order valence-electron chi connectivity index (χ0n) is 11.7. The molecular weight excluding hydrogens is 266 g/mol. The molecule has 3 nitrogen and oxygen atoms in total. The molecule has 3 rings (SSSR count). The summed E-state index contributed by atoms with van der Waals surface area (Å²) in [5.74, 6) is 1.64. The third-order valence-corrected chi connectivity index (χ3v) is 4.15. The molecule has 1 aromatic carbocycles. The molecule has 0 bridgehead atoms. The number of aromatic nitrogens is 1. The van der Waals surface area contributed by atoms with Gasteiger partial charge in [-0.25, -0.2) is 4.98 Å². The second kappa shape index (κ2) is 5.37. The summed E-state index contributed by atoms with van der Waals surface area (Å²) in [7, 11) is 0. The van der Waals surface area contributed by atoms with Crippen LogP contribution in [-0.4, -0.2) is 23.1 Å². The predicted molar refractivity (Wildman–Crippen MR) is 88.2 cm³/mol. The minimum absolute atomic E-state index is 0.427. The van der Waals surface area contributed by atoms with Crippen molar-refractivity contribution in [2.24, 2.45) is 11.7 Å². The average molecular weight is 285 g/mol. The van der Waals surface area contributed by atoms with E-state index in [9.17, 15) is 0 Å². The summed E-state index contributed by atoms with van der Waals surface area (Å²) < 4.78 is 0. The number of hydrogen-bond acceptors (Lipinski definition) is 3. The Morgan fingerprint density at radius 2 is 2.20 bits per heavy atom. The summed E-state index contributed by atoms with van der Waals surface area (Å²) in [5, 5.41) is 1.09. The fourth-order valence-corrected chi connectivity index (χ4v) is 3.06. The first-order valence-corrected chi connectivity index (χ1v) is 7.50. The lowest BCUT2D eigenvalue weighted by Crippen LogP contribution is -2.36.